The van der Waals surface area contributed by atoms with Crippen LogP contribution in [0.25, 0.3) is 0 Å². The van der Waals surface area contributed by atoms with Gasteiger partial charge in [0.15, 0.2) is 0 Å². The Kier molecular flexibility index (Phi) is 9.28. The molecule has 0 aliphatic carbocycles. The molecule has 0 bridgehead atoms. The average Bonchev–Trinajstić information content (AvgIpc) is 2.12. The number of hydrogen-bond donors (Lipinski definition) is 1. The highest BCUT2D eigenvalue weighted by Crippen LogP contribution is 2.18. The van der Waals surface area contributed by atoms with Crippen molar-refractivity contribution in [2.45, 2.75) is 6.42 Å². The lowest BCUT2D eigenvalue weighted by atomic mass is 10.2. The van der Waals surface area contributed by atoms with Crippen LogP contribution in [-0.2, 0) is 0 Å². The van der Waals surface area contributed by atoms with Gasteiger partial charge in [0, 0.05) is 6.42 Å². The molecule has 0 aromatic rings. The van der Waals surface area contributed by atoms with Gasteiger partial charge < -0.3 is 22.7 Å². The van der Waals surface area contributed by atoms with Gasteiger partial charge in [-0.15, -0.1) is 30.8 Å². The van der Waals surface area contributed by atoms with E-state index in [1.165, 1.54) is 0 Å². The average molecular weight is 354 g/mol. The van der Waals surface area contributed by atoms with Crippen LogP contribution in [0, 0.1) is 0 Å². The maximum atomic E-state index is 11.8. The van der Waals surface area contributed by atoms with Gasteiger partial charge in [-0.3, -0.25) is 0 Å². The lowest BCUT2D eigenvalue weighted by Gasteiger charge is -2.12. The molecule has 0 aromatic heterocycles. The summed E-state index contributed by atoms with van der Waals surface area (Å²) in [6.07, 6.45) is 2.65. The highest BCUT2D eigenvalue weighted by Gasteiger charge is 2.37. The van der Waals surface area contributed by atoms with Crippen LogP contribution < -0.4 is 0 Å². The lowest BCUT2D eigenvalue weighted by molar-refractivity contribution is 0.0376. The van der Waals surface area contributed by atoms with Crippen molar-refractivity contribution in [3.63, 3.8) is 0 Å². The maximum Gasteiger partial charge on any atom is 0.842 e. The van der Waals surface area contributed by atoms with Crippen molar-refractivity contribution in [1.29, 1.82) is 0 Å². The molecule has 0 heterocycles. The topological polar surface area (TPSA) is 33.0 Å². The van der Waals surface area contributed by atoms with Crippen molar-refractivity contribution in [2.75, 3.05) is 19.4 Å². The van der Waals surface area contributed by atoms with Crippen molar-refractivity contribution in [1.82, 2.24) is 0 Å². The fourth-order valence-electron chi connectivity index (χ4n) is 0.954. The van der Waals surface area contributed by atoms with E-state index < -0.39 is 7.18 Å². The van der Waals surface area contributed by atoms with Crippen LogP contribution in [0.5, 0.6) is 0 Å². The molecule has 1 atom stereocenters. The molecule has 0 aromatic carbocycles. The Bertz CT molecular complexity index is 203. The predicted octanol–water partition coefficient (Wildman–Crippen LogP) is 1.55. The summed E-state index contributed by atoms with van der Waals surface area (Å²) >= 11 is 2.22. The SMILES string of the molecule is OC/C=C(/CC[OH+][B-](F)(F)F)CPBI. The first-order valence-electron chi connectivity index (χ1n) is 4.42. The molecule has 0 aliphatic heterocycles. The van der Waals surface area contributed by atoms with Crippen LogP contribution >= 0.6 is 30.8 Å². The zero-order chi connectivity index (χ0) is 11.7. The molecule has 2 nitrogen and oxygen atoms in total. The van der Waals surface area contributed by atoms with Crippen molar-refractivity contribution < 1.29 is 22.7 Å². The summed E-state index contributed by atoms with van der Waals surface area (Å²) in [5.74, 6) is 0. The van der Waals surface area contributed by atoms with E-state index in [0.29, 0.717) is 14.9 Å². The maximum absolute atomic E-state index is 11.8. The fraction of sp³-hybridized carbons (Fsp3) is 0.667. The van der Waals surface area contributed by atoms with Gasteiger partial charge in [-0.05, 0) is 6.16 Å². The molecule has 9 heteroatoms. The van der Waals surface area contributed by atoms with Crippen molar-refractivity contribution in [2.24, 2.45) is 0 Å². The van der Waals surface area contributed by atoms with E-state index in [-0.39, 0.29) is 13.2 Å². The van der Waals surface area contributed by atoms with Crippen LogP contribution in [0.2, 0.25) is 0 Å². The van der Waals surface area contributed by atoms with E-state index in [4.69, 9.17) is 5.11 Å². The number of aliphatic hydroxyl groups excluding tert-OH is 1. The molecule has 0 fully saturated rings. The zero-order valence-electron chi connectivity index (χ0n) is 8.10. The van der Waals surface area contributed by atoms with Crippen LogP contribution in [0.3, 0.4) is 0 Å². The molecular formula is C6H13B2F3IO2P. The molecule has 15 heavy (non-hydrogen) atoms. The second kappa shape index (κ2) is 8.84. The minimum Gasteiger partial charge on any atom is -0.593 e. The quantitative estimate of drug-likeness (QED) is 0.232. The Morgan fingerprint density at radius 3 is 2.67 bits per heavy atom. The Morgan fingerprint density at radius 1 is 1.53 bits per heavy atom. The first-order valence-corrected chi connectivity index (χ1v) is 7.36. The van der Waals surface area contributed by atoms with Gasteiger partial charge in [0.05, 0.1) is 6.61 Å². The summed E-state index contributed by atoms with van der Waals surface area (Å²) in [6, 6.07) is 0. The smallest absolute Gasteiger partial charge is 0.593 e. The van der Waals surface area contributed by atoms with E-state index in [1.807, 2.05) is 0 Å². The first kappa shape index (κ1) is 15.7. The third kappa shape index (κ3) is 11.0. The van der Waals surface area contributed by atoms with E-state index in [0.717, 1.165) is 16.6 Å². The van der Waals surface area contributed by atoms with Gasteiger partial charge in [0.25, 0.3) is 0 Å². The van der Waals surface area contributed by atoms with Gasteiger partial charge in [0.2, 0.25) is 4.86 Å². The van der Waals surface area contributed by atoms with Crippen molar-refractivity contribution in [3.05, 3.63) is 11.6 Å². The minimum atomic E-state index is -5.02. The van der Waals surface area contributed by atoms with Crippen LogP contribution in [0.4, 0.5) is 12.9 Å². The summed E-state index contributed by atoms with van der Waals surface area (Å²) < 4.78 is 37.9. The van der Waals surface area contributed by atoms with Crippen LogP contribution in [0.15, 0.2) is 11.6 Å². The van der Waals surface area contributed by atoms with Crippen molar-refractivity contribution in [3.8, 4) is 0 Å². The van der Waals surface area contributed by atoms with Crippen LogP contribution in [-0.4, -0.2) is 41.2 Å². The van der Waals surface area contributed by atoms with E-state index in [1.54, 1.807) is 6.08 Å². The lowest BCUT2D eigenvalue weighted by Crippen LogP contribution is -2.26. The van der Waals surface area contributed by atoms with Gasteiger partial charge in [-0.25, -0.2) is 0 Å². The molecule has 0 radical (unpaired) electrons. The molecule has 0 saturated carbocycles. The molecule has 2 N–H and O–H groups in total. The second-order valence-electron chi connectivity index (χ2n) is 2.80. The summed E-state index contributed by atoms with van der Waals surface area (Å²) in [4.78, 5) is 0.987. The molecule has 0 amide bonds. The normalized spacial score (nSPS) is 13.8. The standard InChI is InChI=1S/C6H13B2F3IO2P/c9-8(10,11)14-4-2-6(1-3-13)5-15-7-12/h1,7,13-15H,2-5H2/b6-1-. The predicted molar refractivity (Wildman–Crippen MR) is 70.3 cm³/mol. The third-order valence-corrected chi connectivity index (χ3v) is 4.11. The Labute approximate surface area is 103 Å². The number of halogens is 4. The second-order valence-corrected chi connectivity index (χ2v) is 6.21. The molecule has 0 spiro atoms. The fourth-order valence-corrected chi connectivity index (χ4v) is 2.50. The summed E-state index contributed by atoms with van der Waals surface area (Å²) in [6.45, 7) is -0.334. The molecule has 1 unspecified atom stereocenters. The largest absolute Gasteiger partial charge is 0.842 e. The number of rotatable bonds is 8. The molecule has 0 saturated heterocycles. The Balaban J connectivity index is 3.81. The van der Waals surface area contributed by atoms with Crippen molar-refractivity contribution >= 4 is 42.9 Å². The Morgan fingerprint density at radius 2 is 2.20 bits per heavy atom. The number of aliphatic hydroxyl groups is 2. The molecule has 88 valence electrons. The monoisotopic (exact) mass is 354 g/mol. The van der Waals surface area contributed by atoms with Gasteiger partial charge in [0.1, 0.15) is 6.61 Å². The Hall–Kier alpha value is 0.740. The highest BCUT2D eigenvalue weighted by molar-refractivity contribution is 14.1. The van der Waals surface area contributed by atoms with E-state index in [9.17, 15) is 12.9 Å². The van der Waals surface area contributed by atoms with E-state index in [2.05, 4.69) is 27.0 Å². The third-order valence-electron chi connectivity index (χ3n) is 1.60. The summed E-state index contributed by atoms with van der Waals surface area (Å²) in [5.41, 5.74) is 0.872. The van der Waals surface area contributed by atoms with E-state index >= 15 is 0 Å². The summed E-state index contributed by atoms with van der Waals surface area (Å²) in [7, 11) is -4.33. The number of hydrogen-bond acceptors (Lipinski definition) is 1. The summed E-state index contributed by atoms with van der Waals surface area (Å²) in [5, 5.41) is 8.67. The zero-order valence-corrected chi connectivity index (χ0v) is 11.3. The first-order chi connectivity index (χ1) is 6.99. The molecule has 0 rings (SSSR count). The van der Waals surface area contributed by atoms with Crippen LogP contribution in [0.1, 0.15) is 6.42 Å². The minimum absolute atomic E-state index is 0.113. The highest BCUT2D eigenvalue weighted by atomic mass is 127. The van der Waals surface area contributed by atoms with Gasteiger partial charge in [-0.1, -0.05) is 11.6 Å². The van der Waals surface area contributed by atoms with Gasteiger partial charge in [-0.2, -0.15) is 0 Å². The van der Waals surface area contributed by atoms with Gasteiger partial charge >= 0.3 is 7.18 Å². The molecular weight excluding hydrogens is 341 g/mol. The molecule has 0 aliphatic rings.